The normalized spacial score (nSPS) is 13.1. The molecular weight excluding hydrogens is 326 g/mol. The molecule has 0 spiro atoms. The van der Waals surface area contributed by atoms with Crippen LogP contribution in [0.5, 0.6) is 0 Å². The molecule has 0 saturated carbocycles. The molecule has 0 aromatic carbocycles. The highest BCUT2D eigenvalue weighted by atomic mass is 35.5. The van der Waals surface area contributed by atoms with Crippen LogP contribution in [0.2, 0.25) is 5.15 Å². The van der Waals surface area contributed by atoms with E-state index in [1.54, 1.807) is 0 Å². The first-order valence-corrected chi connectivity index (χ1v) is 7.22. The first kappa shape index (κ1) is 18.8. The lowest BCUT2D eigenvalue weighted by atomic mass is 9.73. The highest BCUT2D eigenvalue weighted by molar-refractivity contribution is 6.31. The molecule has 0 amide bonds. The van der Waals surface area contributed by atoms with E-state index in [1.807, 2.05) is 0 Å². The summed E-state index contributed by atoms with van der Waals surface area (Å²) in [5.41, 5.74) is -2.27. The van der Waals surface area contributed by atoms with Gasteiger partial charge in [-0.25, -0.2) is 4.98 Å². The van der Waals surface area contributed by atoms with Crippen LogP contribution >= 0.6 is 11.6 Å². The van der Waals surface area contributed by atoms with Crippen molar-refractivity contribution in [3.05, 3.63) is 29.0 Å². The van der Waals surface area contributed by atoms with Crippen molar-refractivity contribution in [3.63, 3.8) is 0 Å². The van der Waals surface area contributed by atoms with Crippen molar-refractivity contribution in [2.45, 2.75) is 32.6 Å². The molecule has 1 aromatic rings. The predicted octanol–water partition coefficient (Wildman–Crippen LogP) is 2.22. The summed E-state index contributed by atoms with van der Waals surface area (Å²) in [4.78, 5) is 50.5. The maximum atomic E-state index is 12.6. The topological polar surface area (TPSA) is 122 Å². The third-order valence-electron chi connectivity index (χ3n) is 3.53. The highest BCUT2D eigenvalue weighted by Crippen LogP contribution is 2.32. The lowest BCUT2D eigenvalue weighted by Crippen LogP contribution is -2.45. The highest BCUT2D eigenvalue weighted by Gasteiger charge is 2.50. The second-order valence-corrected chi connectivity index (χ2v) is 5.45. The fourth-order valence-electron chi connectivity index (χ4n) is 2.26. The van der Waals surface area contributed by atoms with E-state index in [0.29, 0.717) is 0 Å². The van der Waals surface area contributed by atoms with E-state index in [-0.39, 0.29) is 36.4 Å². The number of carboxylic acid groups (broad SMARTS) is 2. The SMILES string of the molecule is CC(=O)C(CCCCC(=O)O)(C(=O)O)C(=O)c1ccnc(Cl)c1. The maximum Gasteiger partial charge on any atom is 0.325 e. The van der Waals surface area contributed by atoms with E-state index < -0.39 is 28.9 Å². The van der Waals surface area contributed by atoms with Gasteiger partial charge in [-0.3, -0.25) is 19.2 Å². The number of aliphatic carboxylic acids is 2. The van der Waals surface area contributed by atoms with Gasteiger partial charge in [0, 0.05) is 18.2 Å². The van der Waals surface area contributed by atoms with Crippen molar-refractivity contribution in [1.82, 2.24) is 4.98 Å². The number of pyridine rings is 1. The Hall–Kier alpha value is -2.28. The van der Waals surface area contributed by atoms with E-state index in [9.17, 15) is 24.3 Å². The van der Waals surface area contributed by atoms with E-state index in [0.717, 1.165) is 6.92 Å². The van der Waals surface area contributed by atoms with Crippen LogP contribution in [0.15, 0.2) is 18.3 Å². The number of ketones is 2. The average molecular weight is 342 g/mol. The van der Waals surface area contributed by atoms with Gasteiger partial charge in [-0.2, -0.15) is 0 Å². The lowest BCUT2D eigenvalue weighted by molar-refractivity contribution is -0.151. The number of nitrogens with zero attached hydrogens (tertiary/aromatic N) is 1. The molecule has 0 radical (unpaired) electrons. The van der Waals surface area contributed by atoms with Crippen LogP contribution < -0.4 is 0 Å². The second-order valence-electron chi connectivity index (χ2n) is 5.06. The molecule has 8 heteroatoms. The van der Waals surface area contributed by atoms with Gasteiger partial charge < -0.3 is 10.2 Å². The monoisotopic (exact) mass is 341 g/mol. The summed E-state index contributed by atoms with van der Waals surface area (Å²) in [7, 11) is 0. The number of rotatable bonds is 9. The third-order valence-corrected chi connectivity index (χ3v) is 3.74. The number of hydrogen-bond acceptors (Lipinski definition) is 5. The number of carbonyl (C=O) groups is 4. The summed E-state index contributed by atoms with van der Waals surface area (Å²) in [6.07, 6.45) is 1.09. The third kappa shape index (κ3) is 4.35. The van der Waals surface area contributed by atoms with Crippen LogP contribution in [0.3, 0.4) is 0 Å². The molecule has 124 valence electrons. The van der Waals surface area contributed by atoms with Gasteiger partial charge in [0.1, 0.15) is 5.15 Å². The van der Waals surface area contributed by atoms with Crippen molar-refractivity contribution in [3.8, 4) is 0 Å². The molecule has 1 heterocycles. The molecule has 0 fully saturated rings. The standard InChI is InChI=1S/C15H16ClNO6/c1-9(18)15(14(22)23,6-3-2-4-12(19)20)13(21)10-5-7-17-11(16)8-10/h5,7-8H,2-4,6H2,1H3,(H,19,20)(H,22,23). The molecule has 0 aliphatic rings. The maximum absolute atomic E-state index is 12.6. The number of carbonyl (C=O) groups excluding carboxylic acids is 2. The zero-order valence-electron chi connectivity index (χ0n) is 12.4. The van der Waals surface area contributed by atoms with Crippen LogP contribution in [0, 0.1) is 5.41 Å². The number of halogens is 1. The molecule has 7 nitrogen and oxygen atoms in total. The van der Waals surface area contributed by atoms with Gasteiger partial charge in [0.05, 0.1) is 0 Å². The predicted molar refractivity (Wildman–Crippen MR) is 80.4 cm³/mol. The van der Waals surface area contributed by atoms with E-state index in [4.69, 9.17) is 16.7 Å². The Morgan fingerprint density at radius 1 is 1.22 bits per heavy atom. The summed E-state index contributed by atoms with van der Waals surface area (Å²) in [6.45, 7) is 1.03. The number of aromatic nitrogens is 1. The van der Waals surface area contributed by atoms with E-state index >= 15 is 0 Å². The minimum atomic E-state index is -2.25. The van der Waals surface area contributed by atoms with Gasteiger partial charge >= 0.3 is 11.9 Å². The second kappa shape index (κ2) is 7.82. The fraction of sp³-hybridized carbons (Fsp3) is 0.400. The molecule has 1 atom stereocenters. The van der Waals surface area contributed by atoms with Crippen LogP contribution in [0.4, 0.5) is 0 Å². The summed E-state index contributed by atoms with van der Waals surface area (Å²) >= 11 is 5.70. The van der Waals surface area contributed by atoms with Crippen molar-refractivity contribution < 1.29 is 29.4 Å². The lowest BCUT2D eigenvalue weighted by Gasteiger charge is -2.25. The Kier molecular flexibility index (Phi) is 6.38. The van der Waals surface area contributed by atoms with Gasteiger partial charge in [0.25, 0.3) is 0 Å². The molecule has 23 heavy (non-hydrogen) atoms. The van der Waals surface area contributed by atoms with Crippen molar-refractivity contribution in [2.75, 3.05) is 0 Å². The molecule has 2 N–H and O–H groups in total. The minimum Gasteiger partial charge on any atom is -0.481 e. The molecule has 0 bridgehead atoms. The molecule has 1 rings (SSSR count). The van der Waals surface area contributed by atoms with Gasteiger partial charge in [-0.1, -0.05) is 18.0 Å². The fourth-order valence-corrected chi connectivity index (χ4v) is 2.43. The van der Waals surface area contributed by atoms with Gasteiger partial charge in [-0.15, -0.1) is 0 Å². The van der Waals surface area contributed by atoms with E-state index in [2.05, 4.69) is 4.98 Å². The first-order chi connectivity index (χ1) is 10.7. The van der Waals surface area contributed by atoms with Crippen molar-refractivity contribution in [1.29, 1.82) is 0 Å². The zero-order valence-corrected chi connectivity index (χ0v) is 13.2. The summed E-state index contributed by atoms with van der Waals surface area (Å²) in [6, 6.07) is 2.48. The van der Waals surface area contributed by atoms with Crippen molar-refractivity contribution >= 4 is 35.1 Å². The minimum absolute atomic E-state index is 0.00423. The quantitative estimate of drug-likeness (QED) is 0.305. The summed E-state index contributed by atoms with van der Waals surface area (Å²) in [5.74, 6) is -4.27. The Bertz CT molecular complexity index is 629. The molecular formula is C15H16ClNO6. The zero-order chi connectivity index (χ0) is 17.6. The van der Waals surface area contributed by atoms with Crippen LogP contribution in [-0.4, -0.2) is 38.7 Å². The molecule has 1 aromatic heterocycles. The molecule has 0 aliphatic heterocycles. The van der Waals surface area contributed by atoms with Crippen molar-refractivity contribution in [2.24, 2.45) is 5.41 Å². The molecule has 1 unspecified atom stereocenters. The summed E-state index contributed by atoms with van der Waals surface area (Å²) < 4.78 is 0. The Morgan fingerprint density at radius 3 is 2.35 bits per heavy atom. The Morgan fingerprint density at radius 2 is 1.87 bits per heavy atom. The van der Waals surface area contributed by atoms with E-state index in [1.165, 1.54) is 18.3 Å². The van der Waals surface area contributed by atoms with Gasteiger partial charge in [0.2, 0.25) is 0 Å². The summed E-state index contributed by atoms with van der Waals surface area (Å²) in [5, 5.41) is 18.1. The Labute approximate surface area is 137 Å². The number of hydrogen-bond donors (Lipinski definition) is 2. The average Bonchev–Trinajstić information content (AvgIpc) is 2.45. The van der Waals surface area contributed by atoms with Gasteiger partial charge in [0.15, 0.2) is 17.0 Å². The number of unbranched alkanes of at least 4 members (excludes halogenated alkanes) is 1. The van der Waals surface area contributed by atoms with Crippen LogP contribution in [-0.2, 0) is 14.4 Å². The van der Waals surface area contributed by atoms with Crippen LogP contribution in [0.25, 0.3) is 0 Å². The number of Topliss-reactive ketones (excluding diaryl/α,β-unsaturated/α-hetero) is 2. The smallest absolute Gasteiger partial charge is 0.325 e. The molecule has 0 aliphatic carbocycles. The Balaban J connectivity index is 3.13. The molecule has 0 saturated heterocycles. The largest absolute Gasteiger partial charge is 0.481 e. The number of carboxylic acids is 2. The van der Waals surface area contributed by atoms with Gasteiger partial charge in [-0.05, 0) is 31.9 Å². The van der Waals surface area contributed by atoms with Crippen LogP contribution in [0.1, 0.15) is 43.0 Å². The first-order valence-electron chi connectivity index (χ1n) is 6.84.